The van der Waals surface area contributed by atoms with E-state index in [-0.39, 0.29) is 42.8 Å². The number of methoxy groups -OCH3 is 1. The molecule has 0 saturated carbocycles. The Labute approximate surface area is 190 Å². The standard InChI is InChI=1S/C20H21F3N4O2.HI/c1-3-25-20(26-11-14-8-13(10-24)4-6-17(14)21)27-12-15-9-16(28-2)5-7-18(15)29-19(22)23;/h4-9,19H,3,11-12H2,1-2H3,(H2,25,26,27);1H. The van der Waals surface area contributed by atoms with Gasteiger partial charge in [-0.05, 0) is 43.3 Å². The maximum absolute atomic E-state index is 13.9. The highest BCUT2D eigenvalue weighted by Gasteiger charge is 2.11. The number of ether oxygens (including phenoxy) is 2. The van der Waals surface area contributed by atoms with Crippen LogP contribution in [-0.4, -0.2) is 26.2 Å². The summed E-state index contributed by atoms with van der Waals surface area (Å²) in [4.78, 5) is 4.34. The second kappa shape index (κ2) is 12.8. The molecule has 162 valence electrons. The number of alkyl halides is 2. The number of hydrogen-bond donors (Lipinski definition) is 2. The van der Waals surface area contributed by atoms with Crippen molar-refractivity contribution in [2.24, 2.45) is 4.99 Å². The predicted octanol–water partition coefficient (Wildman–Crippen LogP) is 4.18. The summed E-state index contributed by atoms with van der Waals surface area (Å²) in [6, 6.07) is 10.5. The zero-order chi connectivity index (χ0) is 21.2. The highest BCUT2D eigenvalue weighted by atomic mass is 127. The average Bonchev–Trinajstić information content (AvgIpc) is 2.71. The lowest BCUT2D eigenvalue weighted by molar-refractivity contribution is -0.0504. The van der Waals surface area contributed by atoms with Crippen LogP contribution in [0.15, 0.2) is 41.4 Å². The number of rotatable bonds is 8. The summed E-state index contributed by atoms with van der Waals surface area (Å²) in [6.07, 6.45) is 0. The van der Waals surface area contributed by atoms with Gasteiger partial charge in [0.25, 0.3) is 0 Å². The Morgan fingerprint density at radius 3 is 2.57 bits per heavy atom. The van der Waals surface area contributed by atoms with E-state index >= 15 is 0 Å². The van der Waals surface area contributed by atoms with Gasteiger partial charge >= 0.3 is 6.61 Å². The zero-order valence-electron chi connectivity index (χ0n) is 16.4. The number of benzene rings is 2. The molecule has 0 unspecified atom stereocenters. The van der Waals surface area contributed by atoms with Gasteiger partial charge in [-0.2, -0.15) is 14.0 Å². The van der Waals surface area contributed by atoms with Gasteiger partial charge in [0.2, 0.25) is 0 Å². The summed E-state index contributed by atoms with van der Waals surface area (Å²) in [7, 11) is 1.46. The van der Waals surface area contributed by atoms with Crippen LogP contribution in [0.3, 0.4) is 0 Å². The number of guanidine groups is 1. The third kappa shape index (κ3) is 7.62. The number of aliphatic imine (C=N–C) groups is 1. The number of nitrogens with zero attached hydrogens (tertiary/aromatic N) is 2. The molecule has 0 amide bonds. The van der Waals surface area contributed by atoms with Crippen LogP contribution >= 0.6 is 24.0 Å². The fourth-order valence-corrected chi connectivity index (χ4v) is 2.48. The van der Waals surface area contributed by atoms with Crippen LogP contribution in [0.4, 0.5) is 13.2 Å². The number of hydrogen-bond acceptors (Lipinski definition) is 4. The van der Waals surface area contributed by atoms with Crippen molar-refractivity contribution in [1.82, 2.24) is 10.6 Å². The lowest BCUT2D eigenvalue weighted by atomic mass is 10.1. The van der Waals surface area contributed by atoms with Crippen molar-refractivity contribution < 1.29 is 22.6 Å². The first-order valence-corrected chi connectivity index (χ1v) is 8.79. The summed E-state index contributed by atoms with van der Waals surface area (Å²) >= 11 is 0. The van der Waals surface area contributed by atoms with Crippen LogP contribution in [0.25, 0.3) is 0 Å². The molecule has 0 bridgehead atoms. The molecule has 2 rings (SSSR count). The van der Waals surface area contributed by atoms with E-state index in [1.54, 1.807) is 6.07 Å². The molecule has 2 N–H and O–H groups in total. The van der Waals surface area contributed by atoms with Gasteiger partial charge in [-0.1, -0.05) is 0 Å². The molecule has 0 saturated heterocycles. The van der Waals surface area contributed by atoms with Crippen molar-refractivity contribution in [3.8, 4) is 17.6 Å². The molecule has 0 spiro atoms. The van der Waals surface area contributed by atoms with Crippen LogP contribution in [0.5, 0.6) is 11.5 Å². The molecular weight excluding hydrogens is 512 g/mol. The van der Waals surface area contributed by atoms with Crippen molar-refractivity contribution in [2.75, 3.05) is 13.7 Å². The van der Waals surface area contributed by atoms with Gasteiger partial charge < -0.3 is 20.1 Å². The first-order chi connectivity index (χ1) is 14.0. The molecule has 0 aliphatic rings. The Balaban J connectivity index is 0.00000450. The highest BCUT2D eigenvalue weighted by Crippen LogP contribution is 2.26. The molecule has 0 aromatic heterocycles. The fraction of sp³-hybridized carbons (Fsp3) is 0.300. The third-order valence-electron chi connectivity index (χ3n) is 3.86. The second-order valence-corrected chi connectivity index (χ2v) is 5.82. The monoisotopic (exact) mass is 534 g/mol. The smallest absolute Gasteiger partial charge is 0.387 e. The Bertz CT molecular complexity index is 904. The van der Waals surface area contributed by atoms with Gasteiger partial charge in [0, 0.05) is 24.2 Å². The Morgan fingerprint density at radius 2 is 1.93 bits per heavy atom. The van der Waals surface area contributed by atoms with E-state index in [1.807, 2.05) is 13.0 Å². The summed E-state index contributed by atoms with van der Waals surface area (Å²) in [5.41, 5.74) is 1.05. The van der Waals surface area contributed by atoms with E-state index in [1.165, 1.54) is 37.4 Å². The van der Waals surface area contributed by atoms with Gasteiger partial charge in [-0.25, -0.2) is 9.38 Å². The van der Waals surface area contributed by atoms with E-state index in [2.05, 4.69) is 20.4 Å². The Hall–Kier alpha value is -2.68. The summed E-state index contributed by atoms with van der Waals surface area (Å²) in [6.45, 7) is -0.468. The van der Waals surface area contributed by atoms with Crippen molar-refractivity contribution in [2.45, 2.75) is 26.6 Å². The third-order valence-corrected chi connectivity index (χ3v) is 3.86. The lowest BCUT2D eigenvalue weighted by Crippen LogP contribution is -2.37. The van der Waals surface area contributed by atoms with Gasteiger partial charge in [0.1, 0.15) is 17.3 Å². The van der Waals surface area contributed by atoms with Gasteiger partial charge in [0.05, 0.1) is 25.3 Å². The van der Waals surface area contributed by atoms with Gasteiger partial charge in [-0.3, -0.25) is 0 Å². The minimum absolute atomic E-state index is 0. The van der Waals surface area contributed by atoms with Crippen LogP contribution in [-0.2, 0) is 13.1 Å². The normalized spacial score (nSPS) is 10.8. The minimum Gasteiger partial charge on any atom is -0.497 e. The van der Waals surface area contributed by atoms with Crippen molar-refractivity contribution in [3.63, 3.8) is 0 Å². The molecule has 0 aliphatic heterocycles. The summed E-state index contributed by atoms with van der Waals surface area (Å²) < 4.78 is 48.9. The Kier molecular flexibility index (Phi) is 10.8. The largest absolute Gasteiger partial charge is 0.497 e. The number of halogens is 4. The molecule has 0 atom stereocenters. The second-order valence-electron chi connectivity index (χ2n) is 5.82. The molecule has 10 heteroatoms. The van der Waals surface area contributed by atoms with Crippen molar-refractivity contribution >= 4 is 29.9 Å². The average molecular weight is 534 g/mol. The first-order valence-electron chi connectivity index (χ1n) is 8.79. The molecule has 0 radical (unpaired) electrons. The fourth-order valence-electron chi connectivity index (χ4n) is 2.48. The van der Waals surface area contributed by atoms with Crippen LogP contribution in [0.2, 0.25) is 0 Å². The van der Waals surface area contributed by atoms with Crippen molar-refractivity contribution in [1.29, 1.82) is 5.26 Å². The predicted molar refractivity (Wildman–Crippen MR) is 118 cm³/mol. The number of nitriles is 1. The molecule has 30 heavy (non-hydrogen) atoms. The maximum atomic E-state index is 13.9. The zero-order valence-corrected chi connectivity index (χ0v) is 18.7. The SMILES string of the molecule is CCNC(=NCc1cc(OC)ccc1OC(F)F)NCc1cc(C#N)ccc1F.I. The van der Waals surface area contributed by atoms with Crippen LogP contribution in [0, 0.1) is 17.1 Å². The summed E-state index contributed by atoms with van der Waals surface area (Å²) in [5.74, 6) is 0.367. The van der Waals surface area contributed by atoms with E-state index < -0.39 is 12.4 Å². The van der Waals surface area contributed by atoms with E-state index in [0.29, 0.717) is 34.9 Å². The van der Waals surface area contributed by atoms with E-state index in [9.17, 15) is 13.2 Å². The molecule has 0 heterocycles. The molecular formula is C20H22F3IN4O2. The molecule has 2 aromatic carbocycles. The Morgan fingerprint density at radius 1 is 1.17 bits per heavy atom. The topological polar surface area (TPSA) is 78.7 Å². The quantitative estimate of drug-likeness (QED) is 0.302. The van der Waals surface area contributed by atoms with E-state index in [4.69, 9.17) is 10.00 Å². The van der Waals surface area contributed by atoms with Crippen molar-refractivity contribution in [3.05, 3.63) is 58.9 Å². The highest BCUT2D eigenvalue weighted by molar-refractivity contribution is 14.0. The molecule has 0 fully saturated rings. The van der Waals surface area contributed by atoms with Crippen LogP contribution < -0.4 is 20.1 Å². The molecule has 2 aromatic rings. The van der Waals surface area contributed by atoms with E-state index in [0.717, 1.165) is 0 Å². The summed E-state index contributed by atoms with van der Waals surface area (Å²) in [5, 5.41) is 14.9. The van der Waals surface area contributed by atoms with Gasteiger partial charge in [-0.15, -0.1) is 24.0 Å². The maximum Gasteiger partial charge on any atom is 0.387 e. The minimum atomic E-state index is -2.96. The number of nitrogens with one attached hydrogen (secondary N) is 2. The first kappa shape index (κ1) is 25.4. The van der Waals surface area contributed by atoms with Crippen LogP contribution in [0.1, 0.15) is 23.6 Å². The molecule has 0 aliphatic carbocycles. The lowest BCUT2D eigenvalue weighted by Gasteiger charge is -2.14. The molecule has 6 nitrogen and oxygen atoms in total. The van der Waals surface area contributed by atoms with Gasteiger partial charge in [0.15, 0.2) is 5.96 Å².